The molecule has 2 aromatic carbocycles. The van der Waals surface area contributed by atoms with Crippen molar-refractivity contribution in [1.29, 1.82) is 0 Å². The third-order valence-electron chi connectivity index (χ3n) is 4.71. The number of carbonyl (C=O) groups excluding carboxylic acids is 1. The van der Waals surface area contributed by atoms with Gasteiger partial charge in [-0.15, -0.1) is 0 Å². The third kappa shape index (κ3) is 3.33. The van der Waals surface area contributed by atoms with Crippen molar-refractivity contribution < 1.29 is 4.79 Å². The third-order valence-corrected chi connectivity index (χ3v) is 4.71. The summed E-state index contributed by atoms with van der Waals surface area (Å²) >= 11 is 0. The van der Waals surface area contributed by atoms with Gasteiger partial charge in [0.1, 0.15) is 0 Å². The van der Waals surface area contributed by atoms with E-state index in [4.69, 9.17) is 0 Å². The molecule has 1 N–H and O–H groups in total. The Morgan fingerprint density at radius 3 is 2.68 bits per heavy atom. The zero-order valence-corrected chi connectivity index (χ0v) is 14.1. The van der Waals surface area contributed by atoms with E-state index in [0.717, 1.165) is 35.4 Å². The Bertz CT molecular complexity index is 900. The molecular weight excluding hydrogens is 310 g/mol. The number of amides is 1. The number of rotatable bonds is 3. The van der Waals surface area contributed by atoms with Gasteiger partial charge in [0.05, 0.1) is 16.9 Å². The Morgan fingerprint density at radius 2 is 1.80 bits per heavy atom. The van der Waals surface area contributed by atoms with Crippen LogP contribution in [0, 0.1) is 0 Å². The van der Waals surface area contributed by atoms with Gasteiger partial charge in [-0.2, -0.15) is 0 Å². The van der Waals surface area contributed by atoms with Crippen molar-refractivity contribution in [1.82, 2.24) is 4.98 Å². The average Bonchev–Trinajstić information content (AvgIpc) is 2.68. The summed E-state index contributed by atoms with van der Waals surface area (Å²) in [6.07, 6.45) is 5.47. The number of hydrogen-bond acceptors (Lipinski definition) is 3. The smallest absolute Gasteiger partial charge is 0.255 e. The minimum absolute atomic E-state index is 0.0878. The van der Waals surface area contributed by atoms with Crippen molar-refractivity contribution in [3.63, 3.8) is 0 Å². The highest BCUT2D eigenvalue weighted by Crippen LogP contribution is 2.28. The summed E-state index contributed by atoms with van der Waals surface area (Å²) < 4.78 is 0. The summed E-state index contributed by atoms with van der Waals surface area (Å²) in [5.41, 5.74) is 3.53. The second-order valence-electron chi connectivity index (χ2n) is 6.43. The van der Waals surface area contributed by atoms with Gasteiger partial charge in [0, 0.05) is 30.2 Å². The maximum absolute atomic E-state index is 12.7. The molecule has 2 heterocycles. The van der Waals surface area contributed by atoms with Crippen molar-refractivity contribution >= 4 is 28.2 Å². The van der Waals surface area contributed by atoms with Crippen molar-refractivity contribution in [3.05, 3.63) is 66.4 Å². The molecule has 0 atom stereocenters. The SMILES string of the molecule is O=C(Nc1ccccc1N1CCCCC1)c1ccc2ncccc2c1. The average molecular weight is 331 g/mol. The summed E-state index contributed by atoms with van der Waals surface area (Å²) in [5, 5.41) is 4.06. The molecule has 4 rings (SSSR count). The molecule has 1 aliphatic rings. The van der Waals surface area contributed by atoms with Crippen LogP contribution in [0.5, 0.6) is 0 Å². The van der Waals surface area contributed by atoms with Crippen LogP contribution in [0.15, 0.2) is 60.8 Å². The molecular formula is C21H21N3O. The van der Waals surface area contributed by atoms with Crippen LogP contribution in [0.4, 0.5) is 11.4 Å². The predicted molar refractivity (Wildman–Crippen MR) is 102 cm³/mol. The first kappa shape index (κ1) is 15.6. The number of aromatic nitrogens is 1. The van der Waals surface area contributed by atoms with Crippen LogP contribution in [0.1, 0.15) is 29.6 Å². The van der Waals surface area contributed by atoms with Gasteiger partial charge in [-0.1, -0.05) is 18.2 Å². The fourth-order valence-electron chi connectivity index (χ4n) is 3.40. The lowest BCUT2D eigenvalue weighted by Gasteiger charge is -2.30. The molecule has 0 radical (unpaired) electrons. The number of anilines is 2. The van der Waals surface area contributed by atoms with E-state index in [9.17, 15) is 4.79 Å². The first-order valence-corrected chi connectivity index (χ1v) is 8.81. The van der Waals surface area contributed by atoms with Gasteiger partial charge in [0.25, 0.3) is 5.91 Å². The first-order valence-electron chi connectivity index (χ1n) is 8.81. The Morgan fingerprint density at radius 1 is 0.960 bits per heavy atom. The van der Waals surface area contributed by atoms with Gasteiger partial charge in [-0.3, -0.25) is 9.78 Å². The van der Waals surface area contributed by atoms with Gasteiger partial charge in [0.2, 0.25) is 0 Å². The fourth-order valence-corrected chi connectivity index (χ4v) is 3.40. The van der Waals surface area contributed by atoms with Crippen molar-refractivity contribution in [2.24, 2.45) is 0 Å². The first-order chi connectivity index (χ1) is 12.3. The lowest BCUT2D eigenvalue weighted by molar-refractivity contribution is 0.102. The highest BCUT2D eigenvalue weighted by Gasteiger charge is 2.16. The van der Waals surface area contributed by atoms with Crippen molar-refractivity contribution in [2.45, 2.75) is 19.3 Å². The number of nitrogens with one attached hydrogen (secondary N) is 1. The van der Waals surface area contributed by atoms with E-state index in [1.807, 2.05) is 48.5 Å². The summed E-state index contributed by atoms with van der Waals surface area (Å²) in [4.78, 5) is 19.4. The van der Waals surface area contributed by atoms with Crippen LogP contribution in [-0.4, -0.2) is 24.0 Å². The van der Waals surface area contributed by atoms with E-state index in [0.29, 0.717) is 5.56 Å². The highest BCUT2D eigenvalue weighted by molar-refractivity contribution is 6.07. The van der Waals surface area contributed by atoms with E-state index in [1.165, 1.54) is 19.3 Å². The lowest BCUT2D eigenvalue weighted by Crippen LogP contribution is -2.30. The van der Waals surface area contributed by atoms with E-state index in [2.05, 4.69) is 21.3 Å². The number of pyridine rings is 1. The number of para-hydroxylation sites is 2. The molecule has 0 unspecified atom stereocenters. The van der Waals surface area contributed by atoms with E-state index < -0.39 is 0 Å². The summed E-state index contributed by atoms with van der Waals surface area (Å²) in [6.45, 7) is 2.10. The molecule has 1 aromatic heterocycles. The minimum atomic E-state index is -0.0878. The topological polar surface area (TPSA) is 45.2 Å². The predicted octanol–water partition coefficient (Wildman–Crippen LogP) is 4.48. The van der Waals surface area contributed by atoms with E-state index in [1.54, 1.807) is 6.20 Å². The Hall–Kier alpha value is -2.88. The van der Waals surface area contributed by atoms with Gasteiger partial charge in [-0.05, 0) is 55.7 Å². The summed E-state index contributed by atoms with van der Waals surface area (Å²) in [7, 11) is 0. The molecule has 4 heteroatoms. The maximum Gasteiger partial charge on any atom is 0.255 e. The normalized spacial score (nSPS) is 14.5. The molecule has 0 bridgehead atoms. The fraction of sp³-hybridized carbons (Fsp3) is 0.238. The molecule has 0 saturated carbocycles. The molecule has 3 aromatic rings. The van der Waals surface area contributed by atoms with Crippen molar-refractivity contribution in [2.75, 3.05) is 23.3 Å². The second-order valence-corrected chi connectivity index (χ2v) is 6.43. The number of benzene rings is 2. The van der Waals surface area contributed by atoms with Gasteiger partial charge < -0.3 is 10.2 Å². The van der Waals surface area contributed by atoms with Gasteiger partial charge in [0.15, 0.2) is 0 Å². The molecule has 25 heavy (non-hydrogen) atoms. The van der Waals surface area contributed by atoms with Gasteiger partial charge in [-0.25, -0.2) is 0 Å². The molecule has 1 saturated heterocycles. The molecule has 1 fully saturated rings. The molecule has 4 nitrogen and oxygen atoms in total. The van der Waals surface area contributed by atoms with Crippen LogP contribution in [0.2, 0.25) is 0 Å². The number of nitrogens with zero attached hydrogens (tertiary/aromatic N) is 2. The Labute approximate surface area is 147 Å². The lowest BCUT2D eigenvalue weighted by atomic mass is 10.1. The molecule has 0 aliphatic carbocycles. The standard InChI is InChI=1S/C21H21N3O/c25-21(17-10-11-18-16(15-17)7-6-12-22-18)23-19-8-2-3-9-20(19)24-13-4-1-5-14-24/h2-3,6-12,15H,1,4-5,13-14H2,(H,23,25). The van der Waals surface area contributed by atoms with Gasteiger partial charge >= 0.3 is 0 Å². The molecule has 126 valence electrons. The second kappa shape index (κ2) is 6.93. The Kier molecular flexibility index (Phi) is 4.34. The van der Waals surface area contributed by atoms with Crippen LogP contribution < -0.4 is 10.2 Å². The minimum Gasteiger partial charge on any atom is -0.370 e. The number of hydrogen-bond donors (Lipinski definition) is 1. The van der Waals surface area contributed by atoms with Crippen LogP contribution in [0.3, 0.4) is 0 Å². The largest absolute Gasteiger partial charge is 0.370 e. The molecule has 1 aliphatic heterocycles. The zero-order valence-electron chi connectivity index (χ0n) is 14.1. The zero-order chi connectivity index (χ0) is 17.1. The van der Waals surface area contributed by atoms with E-state index in [-0.39, 0.29) is 5.91 Å². The number of fused-ring (bicyclic) bond motifs is 1. The van der Waals surface area contributed by atoms with E-state index >= 15 is 0 Å². The maximum atomic E-state index is 12.7. The van der Waals surface area contributed by atoms with Crippen LogP contribution in [-0.2, 0) is 0 Å². The van der Waals surface area contributed by atoms with Crippen LogP contribution in [0.25, 0.3) is 10.9 Å². The van der Waals surface area contributed by atoms with Crippen molar-refractivity contribution in [3.8, 4) is 0 Å². The summed E-state index contributed by atoms with van der Waals surface area (Å²) in [5.74, 6) is -0.0878. The number of piperidine rings is 1. The Balaban J connectivity index is 1.59. The quantitative estimate of drug-likeness (QED) is 0.770. The monoisotopic (exact) mass is 331 g/mol. The number of carbonyl (C=O) groups is 1. The van der Waals surface area contributed by atoms with Crippen LogP contribution >= 0.6 is 0 Å². The molecule has 1 amide bonds. The molecule has 0 spiro atoms. The highest BCUT2D eigenvalue weighted by atomic mass is 16.1. The summed E-state index contributed by atoms with van der Waals surface area (Å²) in [6, 6.07) is 17.5.